The molecule has 31 heavy (non-hydrogen) atoms. The highest BCUT2D eigenvalue weighted by Crippen LogP contribution is 2.23. The highest BCUT2D eigenvalue weighted by Gasteiger charge is 2.22. The van der Waals surface area contributed by atoms with Crippen LogP contribution in [0.3, 0.4) is 0 Å². The summed E-state index contributed by atoms with van der Waals surface area (Å²) in [5, 5.41) is 12.0. The van der Waals surface area contributed by atoms with Gasteiger partial charge in [0.05, 0.1) is 0 Å². The number of hydrogen-bond donors (Lipinski definition) is 1. The first-order valence-corrected chi connectivity index (χ1v) is 12.0. The molecule has 2 heterocycles. The third-order valence-corrected chi connectivity index (χ3v) is 7.17. The first-order valence-electron chi connectivity index (χ1n) is 12.0. The Morgan fingerprint density at radius 1 is 1.00 bits per heavy atom. The predicted octanol–water partition coefficient (Wildman–Crippen LogP) is 3.50. The van der Waals surface area contributed by atoms with E-state index in [1.165, 1.54) is 41.5 Å². The monoisotopic (exact) mass is 423 g/mol. The largest absolute Gasteiger partial charge is 0.355 e. The van der Waals surface area contributed by atoms with E-state index >= 15 is 0 Å². The molecule has 1 fully saturated rings. The summed E-state index contributed by atoms with van der Waals surface area (Å²) in [5.74, 6) is 2.52. The van der Waals surface area contributed by atoms with Gasteiger partial charge in [0, 0.05) is 51.5 Å². The summed E-state index contributed by atoms with van der Waals surface area (Å²) in [4.78, 5) is 14.9. The molecule has 168 valence electrons. The highest BCUT2D eigenvalue weighted by atomic mass is 16.1. The number of nitrogens with zero attached hydrogens (tertiary/aromatic N) is 4. The zero-order valence-corrected chi connectivity index (χ0v) is 19.4. The molecule has 0 radical (unpaired) electrons. The third-order valence-electron chi connectivity index (χ3n) is 7.17. The molecule has 1 saturated carbocycles. The molecule has 4 rings (SSSR count). The normalized spacial score (nSPS) is 17.9. The molecule has 6 heteroatoms. The third kappa shape index (κ3) is 5.35. The van der Waals surface area contributed by atoms with Gasteiger partial charge in [0.15, 0.2) is 0 Å². The molecule has 2 aliphatic rings. The van der Waals surface area contributed by atoms with Gasteiger partial charge < -0.3 is 9.88 Å². The number of carbonyl (C=O) groups excluding carboxylic acids is 1. The molecule has 0 spiro atoms. The molecular formula is C25H37N5O. The van der Waals surface area contributed by atoms with Crippen LogP contribution in [0.25, 0.3) is 0 Å². The lowest BCUT2D eigenvalue weighted by atomic mass is 9.89. The molecule has 0 saturated heterocycles. The maximum Gasteiger partial charge on any atom is 0.223 e. The molecule has 0 bridgehead atoms. The van der Waals surface area contributed by atoms with Crippen LogP contribution in [0, 0.1) is 26.7 Å². The van der Waals surface area contributed by atoms with Crippen molar-refractivity contribution in [3.63, 3.8) is 0 Å². The topological polar surface area (TPSA) is 63.1 Å². The fourth-order valence-electron chi connectivity index (χ4n) is 5.01. The Morgan fingerprint density at radius 2 is 1.77 bits per heavy atom. The Kier molecular flexibility index (Phi) is 7.06. The summed E-state index contributed by atoms with van der Waals surface area (Å²) < 4.78 is 2.28. The van der Waals surface area contributed by atoms with Crippen molar-refractivity contribution in [2.45, 2.75) is 78.8 Å². The van der Waals surface area contributed by atoms with Crippen molar-refractivity contribution in [3.05, 3.63) is 46.0 Å². The van der Waals surface area contributed by atoms with Crippen LogP contribution in [0.5, 0.6) is 0 Å². The summed E-state index contributed by atoms with van der Waals surface area (Å²) in [6.45, 7) is 11.1. The Balaban J connectivity index is 1.31. The zero-order valence-electron chi connectivity index (χ0n) is 19.4. The lowest BCUT2D eigenvalue weighted by molar-refractivity contribution is -0.125. The molecule has 0 unspecified atom stereocenters. The Hall–Kier alpha value is -2.21. The van der Waals surface area contributed by atoms with E-state index in [4.69, 9.17) is 0 Å². The standard InChI is InChI=1S/C25H37N5O/c1-18-15-20(3)22(16-19(18)2)17-29-12-10-24-28-27-23(30(24)14-13-29)9-11-26-25(31)21-7-5-4-6-8-21/h15-16,21H,4-14,17H2,1-3H3,(H,26,31). The van der Waals surface area contributed by atoms with Gasteiger partial charge in [-0.15, -0.1) is 10.2 Å². The minimum atomic E-state index is 0.215. The van der Waals surface area contributed by atoms with Crippen LogP contribution in [0.4, 0.5) is 0 Å². The Morgan fingerprint density at radius 3 is 2.58 bits per heavy atom. The van der Waals surface area contributed by atoms with Gasteiger partial charge in [-0.25, -0.2) is 0 Å². The molecule has 1 aliphatic carbocycles. The predicted molar refractivity (Wildman–Crippen MR) is 123 cm³/mol. The van der Waals surface area contributed by atoms with Crippen molar-refractivity contribution < 1.29 is 4.79 Å². The lowest BCUT2D eigenvalue weighted by Gasteiger charge is -2.22. The number of hydrogen-bond acceptors (Lipinski definition) is 4. The van der Waals surface area contributed by atoms with Crippen LogP contribution in [0.1, 0.15) is 66.0 Å². The molecule has 1 amide bonds. The Labute approximate surface area is 186 Å². The van der Waals surface area contributed by atoms with E-state index in [9.17, 15) is 4.79 Å². The van der Waals surface area contributed by atoms with Crippen LogP contribution in [-0.2, 0) is 30.7 Å². The van der Waals surface area contributed by atoms with Crippen molar-refractivity contribution in [1.29, 1.82) is 0 Å². The average Bonchev–Trinajstić information content (AvgIpc) is 3.04. The second-order valence-corrected chi connectivity index (χ2v) is 9.45. The number of amides is 1. The minimum absolute atomic E-state index is 0.215. The van der Waals surface area contributed by atoms with Gasteiger partial charge in [0.25, 0.3) is 0 Å². The van der Waals surface area contributed by atoms with Crippen LogP contribution in [0.15, 0.2) is 12.1 Å². The number of aromatic nitrogens is 3. The number of nitrogens with one attached hydrogen (secondary N) is 1. The summed E-state index contributed by atoms with van der Waals surface area (Å²) in [6, 6.07) is 4.65. The van der Waals surface area contributed by atoms with E-state index < -0.39 is 0 Å². The zero-order chi connectivity index (χ0) is 21.8. The summed E-state index contributed by atoms with van der Waals surface area (Å²) in [6.07, 6.45) is 7.41. The van der Waals surface area contributed by atoms with E-state index in [2.05, 4.69) is 57.9 Å². The molecule has 2 aromatic rings. The number of rotatable bonds is 6. The van der Waals surface area contributed by atoms with E-state index in [0.717, 1.165) is 63.5 Å². The molecule has 1 aromatic heterocycles. The first kappa shape index (κ1) is 22.0. The second-order valence-electron chi connectivity index (χ2n) is 9.45. The molecular weight excluding hydrogens is 386 g/mol. The summed E-state index contributed by atoms with van der Waals surface area (Å²) in [7, 11) is 0. The fraction of sp³-hybridized carbons (Fsp3) is 0.640. The molecule has 1 N–H and O–H groups in total. The molecule has 1 aromatic carbocycles. The van der Waals surface area contributed by atoms with E-state index in [0.29, 0.717) is 6.54 Å². The van der Waals surface area contributed by atoms with Crippen molar-refractivity contribution in [2.24, 2.45) is 5.92 Å². The van der Waals surface area contributed by atoms with Gasteiger partial charge in [-0.3, -0.25) is 9.69 Å². The summed E-state index contributed by atoms with van der Waals surface area (Å²) in [5.41, 5.74) is 5.53. The SMILES string of the molecule is Cc1cc(C)c(CN2CCc3nnc(CCNC(=O)C4CCCCC4)n3CC2)cc1C. The van der Waals surface area contributed by atoms with E-state index in [-0.39, 0.29) is 11.8 Å². The number of fused-ring (bicyclic) bond motifs is 1. The van der Waals surface area contributed by atoms with Crippen molar-refractivity contribution in [1.82, 2.24) is 25.0 Å². The lowest BCUT2D eigenvalue weighted by Crippen LogP contribution is -2.33. The van der Waals surface area contributed by atoms with Gasteiger partial charge in [0.1, 0.15) is 11.6 Å². The first-order chi connectivity index (χ1) is 15.0. The van der Waals surface area contributed by atoms with Gasteiger partial charge >= 0.3 is 0 Å². The van der Waals surface area contributed by atoms with E-state index in [1.54, 1.807) is 0 Å². The number of carbonyl (C=O) groups is 1. The van der Waals surface area contributed by atoms with Crippen LogP contribution < -0.4 is 5.32 Å². The maximum atomic E-state index is 12.4. The van der Waals surface area contributed by atoms with Crippen LogP contribution in [-0.4, -0.2) is 45.2 Å². The molecule has 0 atom stereocenters. The molecule has 1 aliphatic heterocycles. The fourth-order valence-corrected chi connectivity index (χ4v) is 5.01. The van der Waals surface area contributed by atoms with Gasteiger partial charge in [-0.1, -0.05) is 31.4 Å². The summed E-state index contributed by atoms with van der Waals surface area (Å²) >= 11 is 0. The quantitative estimate of drug-likeness (QED) is 0.772. The van der Waals surface area contributed by atoms with Crippen molar-refractivity contribution in [2.75, 3.05) is 19.6 Å². The smallest absolute Gasteiger partial charge is 0.223 e. The van der Waals surface area contributed by atoms with Gasteiger partial charge in [-0.2, -0.15) is 0 Å². The van der Waals surface area contributed by atoms with Crippen molar-refractivity contribution in [3.8, 4) is 0 Å². The van der Waals surface area contributed by atoms with Gasteiger partial charge in [0.2, 0.25) is 5.91 Å². The second kappa shape index (κ2) is 9.94. The molecule has 6 nitrogen and oxygen atoms in total. The van der Waals surface area contributed by atoms with Crippen LogP contribution >= 0.6 is 0 Å². The minimum Gasteiger partial charge on any atom is -0.355 e. The van der Waals surface area contributed by atoms with E-state index in [1.807, 2.05) is 0 Å². The van der Waals surface area contributed by atoms with Gasteiger partial charge in [-0.05, 0) is 55.9 Å². The Bertz CT molecular complexity index is 913. The number of aryl methyl sites for hydroxylation is 3. The van der Waals surface area contributed by atoms with Crippen molar-refractivity contribution >= 4 is 5.91 Å². The highest BCUT2D eigenvalue weighted by molar-refractivity contribution is 5.78. The average molecular weight is 424 g/mol. The van der Waals surface area contributed by atoms with Crippen LogP contribution in [0.2, 0.25) is 0 Å². The number of benzene rings is 1. The maximum absolute atomic E-state index is 12.4.